The second kappa shape index (κ2) is 6.58. The fourth-order valence-electron chi connectivity index (χ4n) is 1.11. The SMILES string of the molecule is CCC(O)COC(C)(C)CCOC(C)(C)C. The van der Waals surface area contributed by atoms with Crippen molar-refractivity contribution in [2.45, 2.75) is 71.7 Å². The Kier molecular flexibility index (Phi) is 6.53. The molecule has 0 aliphatic carbocycles. The van der Waals surface area contributed by atoms with E-state index >= 15 is 0 Å². The Balaban J connectivity index is 3.78. The number of aliphatic hydroxyl groups excluding tert-OH is 1. The molecule has 0 spiro atoms. The molecule has 0 saturated heterocycles. The van der Waals surface area contributed by atoms with Gasteiger partial charge in [0.25, 0.3) is 0 Å². The van der Waals surface area contributed by atoms with Crippen molar-refractivity contribution in [3.8, 4) is 0 Å². The van der Waals surface area contributed by atoms with Gasteiger partial charge in [0.05, 0.1) is 23.9 Å². The van der Waals surface area contributed by atoms with Crippen molar-refractivity contribution in [2.24, 2.45) is 0 Å². The van der Waals surface area contributed by atoms with Gasteiger partial charge in [-0.15, -0.1) is 0 Å². The minimum atomic E-state index is -0.359. The van der Waals surface area contributed by atoms with E-state index in [1.807, 2.05) is 41.5 Å². The molecule has 0 amide bonds. The maximum Gasteiger partial charge on any atom is 0.0771 e. The number of hydrogen-bond donors (Lipinski definition) is 1. The van der Waals surface area contributed by atoms with Gasteiger partial charge in [-0.1, -0.05) is 6.92 Å². The maximum atomic E-state index is 9.42. The minimum Gasteiger partial charge on any atom is -0.391 e. The Morgan fingerprint density at radius 2 is 1.62 bits per heavy atom. The summed E-state index contributed by atoms with van der Waals surface area (Å²) in [5.74, 6) is 0. The molecule has 3 heteroatoms. The summed E-state index contributed by atoms with van der Waals surface area (Å²) in [5, 5.41) is 9.42. The van der Waals surface area contributed by atoms with Gasteiger partial charge in [0, 0.05) is 6.61 Å². The Hall–Kier alpha value is -0.120. The van der Waals surface area contributed by atoms with Crippen LogP contribution in [0.5, 0.6) is 0 Å². The van der Waals surface area contributed by atoms with Crippen molar-refractivity contribution in [3.63, 3.8) is 0 Å². The monoisotopic (exact) mass is 232 g/mol. The molecular formula is C13H28O3. The first-order chi connectivity index (χ1) is 7.16. The average Bonchev–Trinajstić information content (AvgIpc) is 2.12. The van der Waals surface area contributed by atoms with Gasteiger partial charge in [-0.25, -0.2) is 0 Å². The standard InChI is InChI=1S/C13H28O3/c1-7-11(14)10-16-13(5,6)8-9-15-12(2,3)4/h11,14H,7-10H2,1-6H3. The highest BCUT2D eigenvalue weighted by Crippen LogP contribution is 2.17. The van der Waals surface area contributed by atoms with Gasteiger partial charge < -0.3 is 14.6 Å². The molecule has 0 aliphatic heterocycles. The van der Waals surface area contributed by atoms with Crippen LogP contribution in [-0.2, 0) is 9.47 Å². The van der Waals surface area contributed by atoms with Crippen molar-refractivity contribution in [2.75, 3.05) is 13.2 Å². The zero-order valence-electron chi connectivity index (χ0n) is 11.7. The summed E-state index contributed by atoms with van der Waals surface area (Å²) in [7, 11) is 0. The number of ether oxygens (including phenoxy) is 2. The predicted molar refractivity (Wildman–Crippen MR) is 66.7 cm³/mol. The molecule has 0 saturated carbocycles. The second-order valence-electron chi connectivity index (χ2n) is 5.84. The lowest BCUT2D eigenvalue weighted by Gasteiger charge is -2.28. The molecule has 1 N–H and O–H groups in total. The van der Waals surface area contributed by atoms with E-state index in [1.165, 1.54) is 0 Å². The van der Waals surface area contributed by atoms with Crippen molar-refractivity contribution in [3.05, 3.63) is 0 Å². The van der Waals surface area contributed by atoms with E-state index in [1.54, 1.807) is 0 Å². The molecule has 98 valence electrons. The Bertz CT molecular complexity index is 182. The van der Waals surface area contributed by atoms with E-state index in [9.17, 15) is 5.11 Å². The first kappa shape index (κ1) is 15.9. The lowest BCUT2D eigenvalue weighted by Crippen LogP contribution is -2.32. The third-order valence-corrected chi connectivity index (χ3v) is 2.38. The smallest absolute Gasteiger partial charge is 0.0771 e. The van der Waals surface area contributed by atoms with E-state index in [0.29, 0.717) is 13.2 Å². The minimum absolute atomic E-state index is 0.0982. The molecule has 1 atom stereocenters. The van der Waals surface area contributed by atoms with Gasteiger partial charge in [-0.2, -0.15) is 0 Å². The molecule has 0 aromatic carbocycles. The maximum absolute atomic E-state index is 9.42. The zero-order valence-corrected chi connectivity index (χ0v) is 11.7. The highest BCUT2D eigenvalue weighted by atomic mass is 16.5. The molecule has 0 fully saturated rings. The highest BCUT2D eigenvalue weighted by Gasteiger charge is 2.21. The van der Waals surface area contributed by atoms with Crippen LogP contribution in [0.2, 0.25) is 0 Å². The van der Waals surface area contributed by atoms with E-state index in [2.05, 4.69) is 0 Å². The lowest BCUT2D eigenvalue weighted by molar-refractivity contribution is -0.0880. The van der Waals surface area contributed by atoms with Crippen molar-refractivity contribution >= 4 is 0 Å². The van der Waals surface area contributed by atoms with Crippen molar-refractivity contribution < 1.29 is 14.6 Å². The van der Waals surface area contributed by atoms with Crippen LogP contribution in [0, 0.1) is 0 Å². The van der Waals surface area contributed by atoms with Gasteiger partial charge in [0.1, 0.15) is 0 Å². The molecule has 0 rings (SSSR count). The Morgan fingerprint density at radius 3 is 2.06 bits per heavy atom. The van der Waals surface area contributed by atoms with Gasteiger partial charge >= 0.3 is 0 Å². The van der Waals surface area contributed by atoms with Crippen molar-refractivity contribution in [1.82, 2.24) is 0 Å². The van der Waals surface area contributed by atoms with Crippen LogP contribution in [0.1, 0.15) is 54.4 Å². The van der Waals surface area contributed by atoms with Gasteiger partial charge in [-0.3, -0.25) is 0 Å². The van der Waals surface area contributed by atoms with Crippen LogP contribution >= 0.6 is 0 Å². The summed E-state index contributed by atoms with van der Waals surface area (Å²) < 4.78 is 11.3. The largest absolute Gasteiger partial charge is 0.391 e. The number of hydrogen-bond acceptors (Lipinski definition) is 3. The summed E-state index contributed by atoms with van der Waals surface area (Å²) in [4.78, 5) is 0. The Labute approximate surface area is 100 Å². The summed E-state index contributed by atoms with van der Waals surface area (Å²) in [6, 6.07) is 0. The second-order valence-corrected chi connectivity index (χ2v) is 5.84. The molecule has 0 heterocycles. The number of aliphatic hydroxyl groups is 1. The third kappa shape index (κ3) is 9.13. The molecule has 0 aliphatic rings. The summed E-state index contributed by atoms with van der Waals surface area (Å²) in [6.07, 6.45) is 1.21. The average molecular weight is 232 g/mol. The predicted octanol–water partition coefficient (Wildman–Crippen LogP) is 2.76. The first-order valence-corrected chi connectivity index (χ1v) is 6.12. The fourth-order valence-corrected chi connectivity index (χ4v) is 1.11. The van der Waals surface area contributed by atoms with Crippen LogP contribution in [-0.4, -0.2) is 35.6 Å². The number of rotatable bonds is 7. The van der Waals surface area contributed by atoms with Crippen LogP contribution in [0.15, 0.2) is 0 Å². The molecule has 0 aromatic rings. The van der Waals surface area contributed by atoms with E-state index in [4.69, 9.17) is 9.47 Å². The van der Waals surface area contributed by atoms with Gasteiger partial charge in [-0.05, 0) is 47.5 Å². The van der Waals surface area contributed by atoms with Crippen molar-refractivity contribution in [1.29, 1.82) is 0 Å². The fraction of sp³-hybridized carbons (Fsp3) is 1.00. The highest BCUT2D eigenvalue weighted by molar-refractivity contribution is 4.70. The van der Waals surface area contributed by atoms with E-state index < -0.39 is 0 Å². The summed E-state index contributed by atoms with van der Waals surface area (Å²) in [5.41, 5.74) is -0.333. The van der Waals surface area contributed by atoms with Crippen LogP contribution in [0.4, 0.5) is 0 Å². The molecule has 0 bridgehead atoms. The molecule has 16 heavy (non-hydrogen) atoms. The van der Waals surface area contributed by atoms with Crippen LogP contribution in [0.3, 0.4) is 0 Å². The van der Waals surface area contributed by atoms with Crippen LogP contribution in [0.25, 0.3) is 0 Å². The zero-order chi connectivity index (χ0) is 12.8. The lowest BCUT2D eigenvalue weighted by atomic mass is 10.1. The first-order valence-electron chi connectivity index (χ1n) is 6.12. The quantitative estimate of drug-likeness (QED) is 0.733. The van der Waals surface area contributed by atoms with Crippen LogP contribution < -0.4 is 0 Å². The Morgan fingerprint density at radius 1 is 1.06 bits per heavy atom. The van der Waals surface area contributed by atoms with E-state index in [0.717, 1.165) is 12.8 Å². The van der Waals surface area contributed by atoms with Gasteiger partial charge in [0.2, 0.25) is 0 Å². The summed E-state index contributed by atoms with van der Waals surface area (Å²) in [6.45, 7) is 13.2. The molecular weight excluding hydrogens is 204 g/mol. The molecule has 3 nitrogen and oxygen atoms in total. The molecule has 0 radical (unpaired) electrons. The normalized spacial score (nSPS) is 15.2. The van der Waals surface area contributed by atoms with E-state index in [-0.39, 0.29) is 17.3 Å². The molecule has 1 unspecified atom stereocenters. The third-order valence-electron chi connectivity index (χ3n) is 2.38. The molecule has 0 aromatic heterocycles. The summed E-state index contributed by atoms with van der Waals surface area (Å²) >= 11 is 0. The topological polar surface area (TPSA) is 38.7 Å². The van der Waals surface area contributed by atoms with Gasteiger partial charge in [0.15, 0.2) is 0 Å².